The van der Waals surface area contributed by atoms with Gasteiger partial charge in [-0.3, -0.25) is 4.68 Å². The summed E-state index contributed by atoms with van der Waals surface area (Å²) in [5.74, 6) is 0.619. The highest BCUT2D eigenvalue weighted by atomic mass is 35.5. The zero-order valence-corrected chi connectivity index (χ0v) is 11.9. The number of hydrogen-bond acceptors (Lipinski definition) is 5. The Bertz CT molecular complexity index is 769. The molecular weight excluding hydrogens is 290 g/mol. The summed E-state index contributed by atoms with van der Waals surface area (Å²) in [6.45, 7) is 0. The van der Waals surface area contributed by atoms with Crippen LogP contribution >= 0.6 is 11.6 Å². The van der Waals surface area contributed by atoms with Crippen molar-refractivity contribution in [3.05, 3.63) is 47.9 Å². The summed E-state index contributed by atoms with van der Waals surface area (Å²) in [7, 11) is 1.83. The number of hydrogen-bond donors (Lipinski definition) is 2. The molecule has 106 valence electrons. The summed E-state index contributed by atoms with van der Waals surface area (Å²) in [5, 5.41) is 16.9. The Kier molecular flexibility index (Phi) is 3.45. The third-order valence-electron chi connectivity index (χ3n) is 2.85. The Morgan fingerprint density at radius 2 is 1.95 bits per heavy atom. The number of aryl methyl sites for hydroxylation is 1. The van der Waals surface area contributed by atoms with Crippen LogP contribution in [-0.2, 0) is 7.05 Å². The molecule has 1 aromatic carbocycles. The van der Waals surface area contributed by atoms with Gasteiger partial charge < -0.3 is 10.4 Å². The van der Waals surface area contributed by atoms with E-state index in [0.717, 1.165) is 11.3 Å². The number of phenolic OH excluding ortho intramolecular Hbond substituents is 1. The van der Waals surface area contributed by atoms with Gasteiger partial charge in [-0.15, -0.1) is 0 Å². The fourth-order valence-electron chi connectivity index (χ4n) is 1.86. The average molecular weight is 302 g/mol. The van der Waals surface area contributed by atoms with E-state index in [4.69, 9.17) is 11.6 Å². The van der Waals surface area contributed by atoms with Gasteiger partial charge in [0.1, 0.15) is 5.75 Å². The van der Waals surface area contributed by atoms with Crippen LogP contribution in [0.2, 0.25) is 5.02 Å². The van der Waals surface area contributed by atoms with Crippen LogP contribution in [0.4, 0.5) is 11.6 Å². The van der Waals surface area contributed by atoms with E-state index in [9.17, 15) is 5.11 Å². The lowest BCUT2D eigenvalue weighted by molar-refractivity contribution is 0.475. The van der Waals surface area contributed by atoms with Crippen LogP contribution in [0.5, 0.6) is 5.75 Å². The molecule has 2 heterocycles. The van der Waals surface area contributed by atoms with Gasteiger partial charge in [0.15, 0.2) is 0 Å². The molecule has 0 fully saturated rings. The first kappa shape index (κ1) is 13.4. The highest BCUT2D eigenvalue weighted by molar-refractivity contribution is 6.32. The van der Waals surface area contributed by atoms with Crippen LogP contribution in [0.25, 0.3) is 11.3 Å². The van der Waals surface area contributed by atoms with Crippen molar-refractivity contribution in [1.29, 1.82) is 0 Å². The molecule has 7 heteroatoms. The highest BCUT2D eigenvalue weighted by Crippen LogP contribution is 2.28. The molecule has 0 atom stereocenters. The largest absolute Gasteiger partial charge is 0.508 e. The van der Waals surface area contributed by atoms with Crippen molar-refractivity contribution in [3.63, 3.8) is 0 Å². The van der Waals surface area contributed by atoms with Crippen LogP contribution in [0.15, 0.2) is 42.9 Å². The Morgan fingerprint density at radius 1 is 1.19 bits per heavy atom. The monoisotopic (exact) mass is 301 g/mol. The van der Waals surface area contributed by atoms with E-state index in [1.165, 1.54) is 6.20 Å². The molecule has 0 bridgehead atoms. The zero-order valence-electron chi connectivity index (χ0n) is 11.2. The van der Waals surface area contributed by atoms with Gasteiger partial charge in [-0.1, -0.05) is 11.6 Å². The van der Waals surface area contributed by atoms with Crippen molar-refractivity contribution in [3.8, 4) is 17.0 Å². The van der Waals surface area contributed by atoms with Gasteiger partial charge in [0.25, 0.3) is 0 Å². The Labute approximate surface area is 126 Å². The van der Waals surface area contributed by atoms with Gasteiger partial charge in [0.05, 0.1) is 28.8 Å². The van der Waals surface area contributed by atoms with E-state index >= 15 is 0 Å². The first-order valence-electron chi connectivity index (χ1n) is 6.19. The minimum atomic E-state index is 0.192. The summed E-state index contributed by atoms with van der Waals surface area (Å²) in [4.78, 5) is 8.55. The van der Waals surface area contributed by atoms with Crippen molar-refractivity contribution in [2.45, 2.75) is 0 Å². The number of nitrogens with zero attached hydrogens (tertiary/aromatic N) is 4. The zero-order chi connectivity index (χ0) is 14.8. The molecule has 3 rings (SSSR count). The summed E-state index contributed by atoms with van der Waals surface area (Å²) in [6.07, 6.45) is 5.03. The van der Waals surface area contributed by atoms with E-state index in [1.807, 2.05) is 13.2 Å². The topological polar surface area (TPSA) is 75.9 Å². The van der Waals surface area contributed by atoms with Gasteiger partial charge in [-0.05, 0) is 24.3 Å². The molecule has 0 saturated heterocycles. The summed E-state index contributed by atoms with van der Waals surface area (Å²) < 4.78 is 1.68. The molecule has 0 spiro atoms. The van der Waals surface area contributed by atoms with Gasteiger partial charge in [-0.2, -0.15) is 5.10 Å². The molecule has 0 saturated carbocycles. The SMILES string of the molecule is Cn1cc(Nc2ncc(Cl)c(-c3ccc(O)cc3)n2)cn1. The number of nitrogens with one attached hydrogen (secondary N) is 1. The number of aromatic nitrogens is 4. The minimum Gasteiger partial charge on any atom is -0.508 e. The molecule has 0 aliphatic heterocycles. The first-order valence-corrected chi connectivity index (χ1v) is 6.57. The lowest BCUT2D eigenvalue weighted by Crippen LogP contribution is -1.98. The van der Waals surface area contributed by atoms with E-state index in [-0.39, 0.29) is 5.75 Å². The van der Waals surface area contributed by atoms with E-state index in [1.54, 1.807) is 35.1 Å². The molecule has 2 N–H and O–H groups in total. The van der Waals surface area contributed by atoms with Crippen molar-refractivity contribution >= 4 is 23.2 Å². The van der Waals surface area contributed by atoms with Gasteiger partial charge >= 0.3 is 0 Å². The minimum absolute atomic E-state index is 0.192. The average Bonchev–Trinajstić information content (AvgIpc) is 2.87. The number of aromatic hydroxyl groups is 1. The molecule has 0 unspecified atom stereocenters. The van der Waals surface area contributed by atoms with Crippen molar-refractivity contribution < 1.29 is 5.11 Å². The molecule has 6 nitrogen and oxygen atoms in total. The fraction of sp³-hybridized carbons (Fsp3) is 0.0714. The Hall–Kier alpha value is -2.60. The van der Waals surface area contributed by atoms with Crippen molar-refractivity contribution in [1.82, 2.24) is 19.7 Å². The van der Waals surface area contributed by atoms with E-state index in [0.29, 0.717) is 16.7 Å². The molecule has 0 radical (unpaired) electrons. The lowest BCUT2D eigenvalue weighted by atomic mass is 10.1. The predicted molar refractivity (Wildman–Crippen MR) is 80.6 cm³/mol. The number of halogens is 1. The maximum atomic E-state index is 9.34. The molecule has 21 heavy (non-hydrogen) atoms. The number of rotatable bonds is 3. The smallest absolute Gasteiger partial charge is 0.227 e. The quantitative estimate of drug-likeness (QED) is 0.778. The molecule has 0 aliphatic rings. The second kappa shape index (κ2) is 5.41. The second-order valence-electron chi connectivity index (χ2n) is 4.46. The number of phenols is 1. The van der Waals surface area contributed by atoms with E-state index < -0.39 is 0 Å². The van der Waals surface area contributed by atoms with E-state index in [2.05, 4.69) is 20.4 Å². The maximum absolute atomic E-state index is 9.34. The van der Waals surface area contributed by atoms with Gasteiger partial charge in [0.2, 0.25) is 5.95 Å². The summed E-state index contributed by atoms with van der Waals surface area (Å²) in [6, 6.07) is 6.67. The molecular formula is C14H12ClN5O. The molecule has 0 amide bonds. The second-order valence-corrected chi connectivity index (χ2v) is 4.87. The van der Waals surface area contributed by atoms with Gasteiger partial charge in [0, 0.05) is 18.8 Å². The summed E-state index contributed by atoms with van der Waals surface area (Å²) in [5.41, 5.74) is 2.18. The van der Waals surface area contributed by atoms with Crippen LogP contribution in [-0.4, -0.2) is 24.9 Å². The maximum Gasteiger partial charge on any atom is 0.227 e. The highest BCUT2D eigenvalue weighted by Gasteiger charge is 2.09. The number of benzene rings is 1. The predicted octanol–water partition coefficient (Wildman–Crippen LogP) is 2.98. The van der Waals surface area contributed by atoms with Crippen LogP contribution in [0.3, 0.4) is 0 Å². The lowest BCUT2D eigenvalue weighted by Gasteiger charge is -2.07. The standard InChI is InChI=1S/C14H12ClN5O/c1-20-8-10(6-17-20)18-14-16-7-12(15)13(19-14)9-2-4-11(21)5-3-9/h2-8,21H,1H3,(H,16,18,19). The number of anilines is 2. The van der Waals surface area contributed by atoms with Crippen LogP contribution < -0.4 is 5.32 Å². The molecule has 3 aromatic rings. The first-order chi connectivity index (χ1) is 10.1. The van der Waals surface area contributed by atoms with Crippen molar-refractivity contribution in [2.75, 3.05) is 5.32 Å². The van der Waals surface area contributed by atoms with Gasteiger partial charge in [-0.25, -0.2) is 9.97 Å². The molecule has 0 aliphatic carbocycles. The fourth-order valence-corrected chi connectivity index (χ4v) is 2.06. The Morgan fingerprint density at radius 3 is 2.62 bits per heavy atom. The van der Waals surface area contributed by atoms with Crippen LogP contribution in [0.1, 0.15) is 0 Å². The molecule has 2 aromatic heterocycles. The normalized spacial score (nSPS) is 10.6. The Balaban J connectivity index is 1.94. The summed E-state index contributed by atoms with van der Waals surface area (Å²) >= 11 is 6.15. The van der Waals surface area contributed by atoms with Crippen LogP contribution in [0, 0.1) is 0 Å². The third kappa shape index (κ3) is 2.95. The van der Waals surface area contributed by atoms with Crippen molar-refractivity contribution in [2.24, 2.45) is 7.05 Å². The third-order valence-corrected chi connectivity index (χ3v) is 3.12.